The largest absolute Gasteiger partial charge is 0.354 e. The van der Waals surface area contributed by atoms with Crippen molar-refractivity contribution in [1.82, 2.24) is 20.3 Å². The lowest BCUT2D eigenvalue weighted by molar-refractivity contribution is -0.122. The van der Waals surface area contributed by atoms with Crippen molar-refractivity contribution >= 4 is 17.2 Å². The maximum atomic E-state index is 11.5. The third kappa shape index (κ3) is 1.51. The van der Waals surface area contributed by atoms with Crippen molar-refractivity contribution in [2.75, 3.05) is 6.54 Å². The minimum atomic E-state index is -0.195. The number of thiophene rings is 1. The Morgan fingerprint density at radius 3 is 3.19 bits per heavy atom. The second-order valence-corrected chi connectivity index (χ2v) is 4.47. The van der Waals surface area contributed by atoms with Crippen LogP contribution in [0.2, 0.25) is 0 Å². The summed E-state index contributed by atoms with van der Waals surface area (Å²) in [6, 6.07) is 1.80. The van der Waals surface area contributed by atoms with Crippen molar-refractivity contribution in [1.29, 1.82) is 0 Å². The molecule has 2 aromatic heterocycles. The normalized spacial score (nSPS) is 20.0. The first-order valence-corrected chi connectivity index (χ1v) is 6.01. The van der Waals surface area contributed by atoms with Gasteiger partial charge in [0.2, 0.25) is 5.91 Å². The molecule has 1 unspecified atom stereocenters. The van der Waals surface area contributed by atoms with Gasteiger partial charge in [0.15, 0.2) is 0 Å². The van der Waals surface area contributed by atoms with Crippen molar-refractivity contribution in [3.05, 3.63) is 23.0 Å². The van der Waals surface area contributed by atoms with Crippen LogP contribution in [0.15, 0.2) is 23.0 Å². The molecule has 1 atom stereocenters. The lowest BCUT2D eigenvalue weighted by Crippen LogP contribution is -2.22. The van der Waals surface area contributed by atoms with Crippen LogP contribution in [0.5, 0.6) is 0 Å². The number of hydrogen-bond donors (Lipinski definition) is 1. The molecule has 1 amide bonds. The number of rotatable bonds is 2. The molecule has 2 aromatic rings. The molecule has 0 aromatic carbocycles. The number of aromatic nitrogens is 3. The zero-order chi connectivity index (χ0) is 11.0. The molecule has 3 heterocycles. The number of nitrogens with zero attached hydrogens (tertiary/aromatic N) is 3. The first kappa shape index (κ1) is 9.53. The maximum absolute atomic E-state index is 11.5. The fourth-order valence-electron chi connectivity index (χ4n) is 1.80. The first-order chi connectivity index (χ1) is 7.84. The Balaban J connectivity index is 1.91. The summed E-state index contributed by atoms with van der Waals surface area (Å²) in [5, 5.41) is 14.9. The second kappa shape index (κ2) is 3.71. The molecule has 1 aliphatic rings. The van der Waals surface area contributed by atoms with Crippen molar-refractivity contribution in [2.24, 2.45) is 0 Å². The molecular weight excluding hydrogens is 224 g/mol. The van der Waals surface area contributed by atoms with Gasteiger partial charge in [-0.05, 0) is 17.9 Å². The first-order valence-electron chi connectivity index (χ1n) is 5.07. The van der Waals surface area contributed by atoms with E-state index in [2.05, 4.69) is 15.6 Å². The van der Waals surface area contributed by atoms with Crippen LogP contribution in [0.3, 0.4) is 0 Å². The average molecular weight is 234 g/mol. The molecule has 0 aliphatic carbocycles. The van der Waals surface area contributed by atoms with Gasteiger partial charge in [-0.1, -0.05) is 5.21 Å². The van der Waals surface area contributed by atoms with E-state index in [0.717, 1.165) is 24.2 Å². The molecule has 1 aliphatic heterocycles. The van der Waals surface area contributed by atoms with Gasteiger partial charge < -0.3 is 5.32 Å². The smallest absolute Gasteiger partial charge is 0.245 e. The molecule has 6 heteroatoms. The Labute approximate surface area is 96.1 Å². The van der Waals surface area contributed by atoms with E-state index in [0.29, 0.717) is 0 Å². The van der Waals surface area contributed by atoms with Crippen LogP contribution >= 0.6 is 11.3 Å². The summed E-state index contributed by atoms with van der Waals surface area (Å²) in [6.45, 7) is 0.719. The van der Waals surface area contributed by atoms with Gasteiger partial charge >= 0.3 is 0 Å². The van der Waals surface area contributed by atoms with Gasteiger partial charge in [0.25, 0.3) is 0 Å². The third-order valence-electron chi connectivity index (χ3n) is 2.67. The predicted molar refractivity (Wildman–Crippen MR) is 60.0 cm³/mol. The van der Waals surface area contributed by atoms with E-state index in [1.54, 1.807) is 16.0 Å². The molecular formula is C10H10N4OS. The van der Waals surface area contributed by atoms with Crippen LogP contribution in [0, 0.1) is 0 Å². The fourth-order valence-corrected chi connectivity index (χ4v) is 2.45. The van der Waals surface area contributed by atoms with Crippen LogP contribution in [0.4, 0.5) is 0 Å². The molecule has 0 saturated carbocycles. The van der Waals surface area contributed by atoms with E-state index in [1.807, 2.05) is 23.0 Å². The lowest BCUT2D eigenvalue weighted by atomic mass is 10.2. The van der Waals surface area contributed by atoms with Gasteiger partial charge in [0.05, 0.1) is 6.20 Å². The van der Waals surface area contributed by atoms with E-state index in [1.165, 1.54) is 0 Å². The summed E-state index contributed by atoms with van der Waals surface area (Å²) in [4.78, 5) is 11.5. The minimum absolute atomic E-state index is 0.0294. The Hall–Kier alpha value is -1.69. The second-order valence-electron chi connectivity index (χ2n) is 3.69. The molecule has 0 radical (unpaired) electrons. The number of amides is 1. The minimum Gasteiger partial charge on any atom is -0.354 e. The van der Waals surface area contributed by atoms with E-state index < -0.39 is 0 Å². The summed E-state index contributed by atoms with van der Waals surface area (Å²) in [5.74, 6) is 0.0294. The Bertz CT molecular complexity index is 505. The quantitative estimate of drug-likeness (QED) is 0.845. The van der Waals surface area contributed by atoms with Crippen LogP contribution in [-0.2, 0) is 4.79 Å². The van der Waals surface area contributed by atoms with Crippen LogP contribution in [0.1, 0.15) is 12.5 Å². The van der Waals surface area contributed by atoms with E-state index >= 15 is 0 Å². The standard InChI is InChI=1S/C10H10N4OS/c15-10-9(1-3-11-10)14-5-8(12-13-14)7-2-4-16-6-7/h2,4-6,9H,1,3H2,(H,11,15). The highest BCUT2D eigenvalue weighted by Gasteiger charge is 2.26. The topological polar surface area (TPSA) is 59.8 Å². The summed E-state index contributed by atoms with van der Waals surface area (Å²) < 4.78 is 1.65. The highest BCUT2D eigenvalue weighted by atomic mass is 32.1. The van der Waals surface area contributed by atoms with Crippen molar-refractivity contribution in [3.8, 4) is 11.3 Å². The number of carbonyl (C=O) groups is 1. The average Bonchev–Trinajstić information content (AvgIpc) is 2.96. The maximum Gasteiger partial charge on any atom is 0.245 e. The van der Waals surface area contributed by atoms with Crippen molar-refractivity contribution < 1.29 is 4.79 Å². The summed E-state index contributed by atoms with van der Waals surface area (Å²) in [7, 11) is 0. The molecule has 0 spiro atoms. The van der Waals surface area contributed by atoms with Crippen LogP contribution in [-0.4, -0.2) is 27.4 Å². The van der Waals surface area contributed by atoms with Crippen LogP contribution in [0.25, 0.3) is 11.3 Å². The molecule has 0 bridgehead atoms. The molecule has 82 valence electrons. The van der Waals surface area contributed by atoms with E-state index in [4.69, 9.17) is 0 Å². The zero-order valence-electron chi connectivity index (χ0n) is 8.46. The zero-order valence-corrected chi connectivity index (χ0v) is 9.28. The van der Waals surface area contributed by atoms with Crippen molar-refractivity contribution in [3.63, 3.8) is 0 Å². The van der Waals surface area contributed by atoms with E-state index in [-0.39, 0.29) is 11.9 Å². The highest BCUT2D eigenvalue weighted by Crippen LogP contribution is 2.22. The van der Waals surface area contributed by atoms with Gasteiger partial charge in [0.1, 0.15) is 11.7 Å². The number of carbonyl (C=O) groups excluding carboxylic acids is 1. The predicted octanol–water partition coefficient (Wildman–Crippen LogP) is 1.07. The summed E-state index contributed by atoms with van der Waals surface area (Å²) >= 11 is 1.62. The third-order valence-corrected chi connectivity index (χ3v) is 3.35. The molecule has 1 saturated heterocycles. The Kier molecular flexibility index (Phi) is 2.21. The fraction of sp³-hybridized carbons (Fsp3) is 0.300. The highest BCUT2D eigenvalue weighted by molar-refractivity contribution is 7.08. The molecule has 5 nitrogen and oxygen atoms in total. The van der Waals surface area contributed by atoms with Crippen molar-refractivity contribution in [2.45, 2.75) is 12.5 Å². The Morgan fingerprint density at radius 1 is 1.56 bits per heavy atom. The number of hydrogen-bond acceptors (Lipinski definition) is 4. The van der Waals surface area contributed by atoms with Crippen LogP contribution < -0.4 is 5.32 Å². The molecule has 3 rings (SSSR count). The molecule has 1 N–H and O–H groups in total. The molecule has 1 fully saturated rings. The van der Waals surface area contributed by atoms with Gasteiger partial charge in [0, 0.05) is 17.5 Å². The van der Waals surface area contributed by atoms with Gasteiger partial charge in [-0.2, -0.15) is 11.3 Å². The van der Waals surface area contributed by atoms with Gasteiger partial charge in [-0.15, -0.1) is 5.10 Å². The monoisotopic (exact) mass is 234 g/mol. The summed E-state index contributed by atoms with van der Waals surface area (Å²) in [5.41, 5.74) is 1.87. The summed E-state index contributed by atoms with van der Waals surface area (Å²) in [6.07, 6.45) is 2.61. The Morgan fingerprint density at radius 2 is 2.50 bits per heavy atom. The molecule has 16 heavy (non-hydrogen) atoms. The van der Waals surface area contributed by atoms with Gasteiger partial charge in [-0.25, -0.2) is 4.68 Å². The van der Waals surface area contributed by atoms with E-state index in [9.17, 15) is 4.79 Å². The van der Waals surface area contributed by atoms with Gasteiger partial charge in [-0.3, -0.25) is 4.79 Å². The SMILES string of the molecule is O=C1NCCC1n1cc(-c2ccsc2)nn1. The lowest BCUT2D eigenvalue weighted by Gasteiger charge is -2.04. The number of nitrogens with one attached hydrogen (secondary N) is 1.